The minimum Gasteiger partial charge on any atom is -0.399 e. The maximum Gasteiger partial charge on any atom is 0.261 e. The van der Waals surface area contributed by atoms with E-state index in [1.807, 2.05) is 0 Å². The van der Waals surface area contributed by atoms with E-state index in [2.05, 4.69) is 31.9 Å². The quantitative estimate of drug-likeness (QED) is 0.529. The Kier molecular flexibility index (Phi) is 4.06. The van der Waals surface area contributed by atoms with E-state index in [4.69, 9.17) is 11.5 Å². The molecular weight excluding hydrogens is 395 g/mol. The molecule has 0 spiro atoms. The van der Waals surface area contributed by atoms with Gasteiger partial charge in [0.2, 0.25) is 0 Å². The smallest absolute Gasteiger partial charge is 0.261 e. The molecule has 4 nitrogen and oxygen atoms in total. The van der Waals surface area contributed by atoms with Crippen molar-refractivity contribution < 1.29 is 9.46 Å². The molecule has 0 saturated heterocycles. The number of anilines is 2. The van der Waals surface area contributed by atoms with E-state index in [1.54, 1.807) is 36.4 Å². The van der Waals surface area contributed by atoms with E-state index in [1.165, 1.54) is 0 Å². The normalized spacial score (nSPS) is 11.5. The molecule has 0 aliphatic carbocycles. The molecule has 0 bridgehead atoms. The van der Waals surface area contributed by atoms with Crippen LogP contribution in [0.15, 0.2) is 45.3 Å². The van der Waals surface area contributed by atoms with E-state index < -0.39 is 7.37 Å². The second kappa shape index (κ2) is 5.29. The van der Waals surface area contributed by atoms with Crippen LogP contribution < -0.4 is 22.1 Å². The van der Waals surface area contributed by atoms with Crippen molar-refractivity contribution in [2.75, 3.05) is 11.5 Å². The number of nitrogen functional groups attached to an aromatic ring is 2. The van der Waals surface area contributed by atoms with Gasteiger partial charge in [-0.05, 0) is 68.3 Å². The fraction of sp³-hybridized carbons (Fsp3) is 0. The molecule has 0 saturated carbocycles. The maximum absolute atomic E-state index is 12.7. The molecule has 0 aromatic heterocycles. The number of rotatable bonds is 2. The predicted octanol–water partition coefficient (Wildman–Crippen LogP) is 2.60. The number of hydrogen-bond donors (Lipinski definition) is 3. The van der Waals surface area contributed by atoms with Gasteiger partial charge < -0.3 is 16.4 Å². The molecule has 0 atom stereocenters. The topological polar surface area (TPSA) is 89.3 Å². The molecule has 0 unspecified atom stereocenters. The highest BCUT2D eigenvalue weighted by Crippen LogP contribution is 2.43. The van der Waals surface area contributed by atoms with E-state index in [0.29, 0.717) is 30.9 Å². The third kappa shape index (κ3) is 2.87. The fourth-order valence-electron chi connectivity index (χ4n) is 1.67. The molecule has 100 valence electrons. The summed E-state index contributed by atoms with van der Waals surface area (Å²) >= 11 is 6.53. The van der Waals surface area contributed by atoms with E-state index >= 15 is 0 Å². The summed E-state index contributed by atoms with van der Waals surface area (Å²) in [6, 6.07) is 9.47. The second-order valence-corrected chi connectivity index (χ2v) is 7.82. The summed E-state index contributed by atoms with van der Waals surface area (Å²) in [4.78, 5) is 10.4. The van der Waals surface area contributed by atoms with Crippen LogP contribution in [0.5, 0.6) is 0 Å². The molecule has 0 fully saturated rings. The van der Waals surface area contributed by atoms with Crippen LogP contribution in [0.3, 0.4) is 0 Å². The number of nitrogens with two attached hydrogens (primary N) is 2. The van der Waals surface area contributed by atoms with Gasteiger partial charge in [-0.3, -0.25) is 4.57 Å². The Morgan fingerprint density at radius 2 is 1.26 bits per heavy atom. The SMILES string of the molecule is Nc1ccc(P(=O)(O)c2ccc(N)cc2Br)c(Br)c1. The van der Waals surface area contributed by atoms with Gasteiger partial charge in [-0.15, -0.1) is 0 Å². The van der Waals surface area contributed by atoms with Crippen molar-refractivity contribution in [2.24, 2.45) is 0 Å². The van der Waals surface area contributed by atoms with Gasteiger partial charge >= 0.3 is 0 Å². The monoisotopic (exact) mass is 404 g/mol. The van der Waals surface area contributed by atoms with Crippen LogP contribution in [0.2, 0.25) is 0 Å². The first kappa shape index (κ1) is 14.6. The first-order valence-corrected chi connectivity index (χ1v) is 8.51. The number of hydrogen-bond acceptors (Lipinski definition) is 3. The lowest BCUT2D eigenvalue weighted by molar-refractivity contribution is 0.500. The zero-order valence-electron chi connectivity index (χ0n) is 9.68. The lowest BCUT2D eigenvalue weighted by atomic mass is 10.3. The molecule has 2 aromatic rings. The fourth-order valence-corrected chi connectivity index (χ4v) is 5.42. The molecule has 0 amide bonds. The summed E-state index contributed by atoms with van der Waals surface area (Å²) in [6.45, 7) is 0. The van der Waals surface area contributed by atoms with Crippen molar-refractivity contribution in [1.82, 2.24) is 0 Å². The molecule has 2 aromatic carbocycles. The molecular formula is C12H11Br2N2O2P. The Labute approximate surface area is 127 Å². The average Bonchev–Trinajstić information content (AvgIpc) is 2.27. The van der Waals surface area contributed by atoms with Gasteiger partial charge in [0.1, 0.15) is 0 Å². The third-order valence-corrected chi connectivity index (χ3v) is 6.61. The highest BCUT2D eigenvalue weighted by molar-refractivity contribution is 9.11. The highest BCUT2D eigenvalue weighted by Gasteiger charge is 2.28. The Hall–Kier alpha value is -0.810. The van der Waals surface area contributed by atoms with E-state index in [9.17, 15) is 9.46 Å². The zero-order chi connectivity index (χ0) is 14.2. The molecule has 5 N–H and O–H groups in total. The first-order valence-electron chi connectivity index (χ1n) is 5.26. The molecule has 0 aliphatic rings. The van der Waals surface area contributed by atoms with Crippen LogP contribution in [0.4, 0.5) is 11.4 Å². The van der Waals surface area contributed by atoms with Gasteiger partial charge in [-0.1, -0.05) is 0 Å². The minimum absolute atomic E-state index is 0.298. The van der Waals surface area contributed by atoms with Gasteiger partial charge in [0.25, 0.3) is 7.37 Å². The van der Waals surface area contributed by atoms with Gasteiger partial charge in [-0.25, -0.2) is 0 Å². The summed E-state index contributed by atoms with van der Waals surface area (Å²) in [6.07, 6.45) is 0. The Balaban J connectivity index is 2.61. The van der Waals surface area contributed by atoms with Crippen LogP contribution in [0.1, 0.15) is 0 Å². The molecule has 0 aliphatic heterocycles. The van der Waals surface area contributed by atoms with Crippen molar-refractivity contribution in [1.29, 1.82) is 0 Å². The van der Waals surface area contributed by atoms with Gasteiger partial charge in [-0.2, -0.15) is 0 Å². The Morgan fingerprint density at radius 3 is 1.58 bits per heavy atom. The minimum atomic E-state index is -3.72. The average molecular weight is 406 g/mol. The lowest BCUT2D eigenvalue weighted by Gasteiger charge is -2.16. The predicted molar refractivity (Wildman–Crippen MR) is 86.2 cm³/mol. The summed E-state index contributed by atoms with van der Waals surface area (Å²) in [5.74, 6) is 0. The largest absolute Gasteiger partial charge is 0.399 e. The molecule has 7 heteroatoms. The maximum atomic E-state index is 12.7. The van der Waals surface area contributed by atoms with Crippen molar-refractivity contribution in [2.45, 2.75) is 0 Å². The summed E-state index contributed by atoms with van der Waals surface area (Å²) < 4.78 is 13.7. The van der Waals surface area contributed by atoms with Crippen LogP contribution in [-0.4, -0.2) is 4.89 Å². The van der Waals surface area contributed by atoms with Gasteiger partial charge in [0.05, 0.1) is 10.6 Å². The van der Waals surface area contributed by atoms with Crippen LogP contribution in [0.25, 0.3) is 0 Å². The summed E-state index contributed by atoms with van der Waals surface area (Å²) in [5, 5.41) is 0.597. The zero-order valence-corrected chi connectivity index (χ0v) is 13.7. The van der Waals surface area contributed by atoms with E-state index in [0.717, 1.165) is 0 Å². The number of halogens is 2. The van der Waals surface area contributed by atoms with E-state index in [-0.39, 0.29) is 0 Å². The first-order chi connectivity index (χ1) is 8.82. The Bertz CT molecular complexity index is 636. The summed E-state index contributed by atoms with van der Waals surface area (Å²) in [5.41, 5.74) is 12.3. The van der Waals surface area contributed by atoms with Gasteiger partial charge in [0, 0.05) is 20.3 Å². The van der Waals surface area contributed by atoms with Crippen molar-refractivity contribution in [3.8, 4) is 0 Å². The Morgan fingerprint density at radius 1 is 0.895 bits per heavy atom. The number of benzene rings is 2. The highest BCUT2D eigenvalue weighted by atomic mass is 79.9. The second-order valence-electron chi connectivity index (χ2n) is 4.00. The third-order valence-electron chi connectivity index (χ3n) is 2.60. The standard InChI is InChI=1S/C12H11Br2N2O2P/c13-9-5-7(15)1-3-11(9)19(17,18)12-4-2-8(16)6-10(12)14/h1-6H,15-16H2,(H,17,18). The molecule has 2 rings (SSSR count). The van der Waals surface area contributed by atoms with Crippen LogP contribution in [0, 0.1) is 0 Å². The van der Waals surface area contributed by atoms with Crippen molar-refractivity contribution in [3.05, 3.63) is 45.3 Å². The molecule has 0 radical (unpaired) electrons. The van der Waals surface area contributed by atoms with Gasteiger partial charge in [0.15, 0.2) is 0 Å². The van der Waals surface area contributed by atoms with Crippen molar-refractivity contribution >= 4 is 61.2 Å². The molecule has 19 heavy (non-hydrogen) atoms. The van der Waals surface area contributed by atoms with Crippen molar-refractivity contribution in [3.63, 3.8) is 0 Å². The van der Waals surface area contributed by atoms with Crippen LogP contribution in [-0.2, 0) is 4.57 Å². The lowest BCUT2D eigenvalue weighted by Crippen LogP contribution is -2.18. The summed E-state index contributed by atoms with van der Waals surface area (Å²) in [7, 11) is -3.72. The van der Waals surface area contributed by atoms with Crippen LogP contribution >= 0.6 is 39.2 Å². The molecule has 0 heterocycles.